The van der Waals surface area contributed by atoms with Gasteiger partial charge >= 0.3 is 12.2 Å². The average molecular weight is 204 g/mol. The molecule has 0 aliphatic heterocycles. The van der Waals surface area contributed by atoms with Gasteiger partial charge in [-0.1, -0.05) is 0 Å². The van der Waals surface area contributed by atoms with Crippen molar-refractivity contribution in [2.24, 2.45) is 0 Å². The summed E-state index contributed by atoms with van der Waals surface area (Å²) in [5, 5.41) is 21.6. The lowest BCUT2D eigenvalue weighted by Gasteiger charge is -2.41. The van der Waals surface area contributed by atoms with Crippen molar-refractivity contribution >= 4 is 12.2 Å². The third-order valence-corrected chi connectivity index (χ3v) is 2.40. The van der Waals surface area contributed by atoms with Crippen molar-refractivity contribution < 1.29 is 19.8 Å². The second kappa shape index (κ2) is 3.73. The number of hydrogen-bond acceptors (Lipinski definition) is 2. The van der Waals surface area contributed by atoms with Gasteiger partial charge in [-0.25, -0.2) is 9.59 Å². The quantitative estimate of drug-likeness (QED) is 0.552. The first kappa shape index (κ1) is 12.5. The van der Waals surface area contributed by atoms with Crippen LogP contribution in [0.2, 0.25) is 0 Å². The van der Waals surface area contributed by atoms with Crippen molar-refractivity contribution in [3.8, 4) is 0 Å². The van der Waals surface area contributed by atoms with Gasteiger partial charge in [0.2, 0.25) is 0 Å². The van der Waals surface area contributed by atoms with Gasteiger partial charge in [0.25, 0.3) is 0 Å². The van der Waals surface area contributed by atoms with E-state index in [-0.39, 0.29) is 0 Å². The van der Waals surface area contributed by atoms with E-state index in [0.717, 1.165) is 0 Å². The van der Waals surface area contributed by atoms with E-state index >= 15 is 0 Å². The van der Waals surface area contributed by atoms with Gasteiger partial charge in [0.05, 0.1) is 11.1 Å². The molecule has 6 heteroatoms. The second-order valence-electron chi connectivity index (χ2n) is 4.11. The normalized spacial score (nSPS) is 12.0. The topological polar surface area (TPSA) is 98.7 Å². The first-order valence-electron chi connectivity index (χ1n) is 4.11. The molecule has 0 spiro atoms. The summed E-state index contributed by atoms with van der Waals surface area (Å²) in [5.41, 5.74) is -1.78. The van der Waals surface area contributed by atoms with Crippen LogP contribution in [0.15, 0.2) is 0 Å². The van der Waals surface area contributed by atoms with E-state index in [0.29, 0.717) is 0 Å². The SMILES string of the molecule is CC(C)(NC(=O)O)C(C)(C)NC(=O)O. The highest BCUT2D eigenvalue weighted by atomic mass is 16.4. The molecule has 2 amide bonds. The van der Waals surface area contributed by atoms with E-state index in [1.165, 1.54) is 0 Å². The summed E-state index contributed by atoms with van der Waals surface area (Å²) in [6.07, 6.45) is -2.37. The highest BCUT2D eigenvalue weighted by Gasteiger charge is 2.39. The number of hydrogen-bond donors (Lipinski definition) is 4. The van der Waals surface area contributed by atoms with Crippen molar-refractivity contribution in [3.05, 3.63) is 0 Å². The zero-order chi connectivity index (χ0) is 11.6. The minimum Gasteiger partial charge on any atom is -0.465 e. The second-order valence-corrected chi connectivity index (χ2v) is 4.11. The molecule has 0 unspecified atom stereocenters. The summed E-state index contributed by atoms with van der Waals surface area (Å²) in [6, 6.07) is 0. The lowest BCUT2D eigenvalue weighted by Crippen LogP contribution is -2.65. The first-order chi connectivity index (χ1) is 6.08. The highest BCUT2D eigenvalue weighted by Crippen LogP contribution is 2.20. The molecule has 0 atom stereocenters. The van der Waals surface area contributed by atoms with E-state index in [1.54, 1.807) is 27.7 Å². The summed E-state index contributed by atoms with van der Waals surface area (Å²) < 4.78 is 0. The van der Waals surface area contributed by atoms with Gasteiger partial charge in [0.15, 0.2) is 0 Å². The van der Waals surface area contributed by atoms with Crippen LogP contribution >= 0.6 is 0 Å². The van der Waals surface area contributed by atoms with Crippen molar-refractivity contribution in [2.75, 3.05) is 0 Å². The minimum atomic E-state index is -1.18. The lowest BCUT2D eigenvalue weighted by atomic mass is 9.83. The average Bonchev–Trinajstić information content (AvgIpc) is 1.78. The van der Waals surface area contributed by atoms with Gasteiger partial charge < -0.3 is 20.8 Å². The molecular weight excluding hydrogens is 188 g/mol. The molecule has 0 bridgehead atoms. The molecule has 0 aromatic rings. The number of nitrogens with one attached hydrogen (secondary N) is 2. The van der Waals surface area contributed by atoms with Crippen LogP contribution in [-0.2, 0) is 0 Å². The zero-order valence-corrected chi connectivity index (χ0v) is 8.71. The summed E-state index contributed by atoms with van der Waals surface area (Å²) in [6.45, 7) is 6.43. The molecule has 14 heavy (non-hydrogen) atoms. The zero-order valence-electron chi connectivity index (χ0n) is 8.71. The van der Waals surface area contributed by atoms with Gasteiger partial charge in [0, 0.05) is 0 Å². The molecule has 0 heterocycles. The predicted molar refractivity (Wildman–Crippen MR) is 50.5 cm³/mol. The molecule has 0 saturated carbocycles. The van der Waals surface area contributed by atoms with Gasteiger partial charge in [-0.05, 0) is 27.7 Å². The largest absolute Gasteiger partial charge is 0.465 e. The van der Waals surface area contributed by atoms with Crippen molar-refractivity contribution in [3.63, 3.8) is 0 Å². The van der Waals surface area contributed by atoms with E-state index in [9.17, 15) is 9.59 Å². The van der Waals surface area contributed by atoms with Gasteiger partial charge in [-0.2, -0.15) is 0 Å². The van der Waals surface area contributed by atoms with Crippen LogP contribution in [0.1, 0.15) is 27.7 Å². The highest BCUT2D eigenvalue weighted by molar-refractivity contribution is 5.68. The van der Waals surface area contributed by atoms with Crippen LogP contribution in [0.25, 0.3) is 0 Å². The van der Waals surface area contributed by atoms with Crippen molar-refractivity contribution in [1.82, 2.24) is 10.6 Å². The fourth-order valence-electron chi connectivity index (χ4n) is 0.847. The molecule has 82 valence electrons. The van der Waals surface area contributed by atoms with Crippen molar-refractivity contribution in [1.29, 1.82) is 0 Å². The van der Waals surface area contributed by atoms with E-state index in [1.807, 2.05) is 0 Å². The molecule has 0 aliphatic rings. The van der Waals surface area contributed by atoms with Gasteiger partial charge in [-0.15, -0.1) is 0 Å². The minimum absolute atomic E-state index is 0.892. The smallest absolute Gasteiger partial charge is 0.405 e. The Bertz CT molecular complexity index is 222. The van der Waals surface area contributed by atoms with Crippen molar-refractivity contribution in [2.45, 2.75) is 38.8 Å². The molecule has 0 aliphatic carbocycles. The lowest BCUT2D eigenvalue weighted by molar-refractivity contribution is 0.138. The fraction of sp³-hybridized carbons (Fsp3) is 0.750. The van der Waals surface area contributed by atoms with Crippen LogP contribution in [0, 0.1) is 0 Å². The van der Waals surface area contributed by atoms with Crippen LogP contribution < -0.4 is 10.6 Å². The molecule has 4 N–H and O–H groups in total. The maximum Gasteiger partial charge on any atom is 0.405 e. The third kappa shape index (κ3) is 3.12. The Morgan fingerprint density at radius 3 is 1.21 bits per heavy atom. The molecule has 0 radical (unpaired) electrons. The van der Waals surface area contributed by atoms with Crippen LogP contribution in [0.3, 0.4) is 0 Å². The monoisotopic (exact) mass is 204 g/mol. The van der Waals surface area contributed by atoms with E-state index in [2.05, 4.69) is 10.6 Å². The maximum absolute atomic E-state index is 10.5. The van der Waals surface area contributed by atoms with Crippen LogP contribution in [-0.4, -0.2) is 33.5 Å². The number of carbonyl (C=O) groups is 2. The van der Waals surface area contributed by atoms with E-state index < -0.39 is 23.3 Å². The van der Waals surface area contributed by atoms with Crippen LogP contribution in [0.5, 0.6) is 0 Å². The summed E-state index contributed by atoms with van der Waals surface area (Å²) >= 11 is 0. The maximum atomic E-state index is 10.5. The first-order valence-corrected chi connectivity index (χ1v) is 4.11. The molecule has 0 aromatic heterocycles. The Labute approximate surface area is 82.3 Å². The summed E-state index contributed by atoms with van der Waals surface area (Å²) in [7, 11) is 0. The Morgan fingerprint density at radius 2 is 1.07 bits per heavy atom. The Hall–Kier alpha value is -1.46. The summed E-state index contributed by atoms with van der Waals surface area (Å²) in [4.78, 5) is 20.9. The van der Waals surface area contributed by atoms with Gasteiger partial charge in [0.1, 0.15) is 0 Å². The number of amides is 2. The molecule has 0 fully saturated rings. The molecule has 0 rings (SSSR count). The van der Waals surface area contributed by atoms with Crippen LogP contribution in [0.4, 0.5) is 9.59 Å². The standard InChI is InChI=1S/C8H16N2O4/c1-7(2,9-5(11)12)8(3,4)10-6(13)14/h9-10H,1-4H3,(H,11,12)(H,13,14). The molecule has 0 saturated heterocycles. The van der Waals surface area contributed by atoms with E-state index in [4.69, 9.17) is 10.2 Å². The van der Waals surface area contributed by atoms with Gasteiger partial charge in [-0.3, -0.25) is 0 Å². The number of rotatable bonds is 3. The Balaban J connectivity index is 4.67. The molecular formula is C8H16N2O4. The number of carboxylic acid groups (broad SMARTS) is 2. The molecule has 0 aromatic carbocycles. The fourth-order valence-corrected chi connectivity index (χ4v) is 0.847. The Kier molecular flexibility index (Phi) is 3.34. The predicted octanol–water partition coefficient (Wildman–Crippen LogP) is 1.08. The Morgan fingerprint density at radius 1 is 0.857 bits per heavy atom. The molecule has 6 nitrogen and oxygen atoms in total. The third-order valence-electron chi connectivity index (χ3n) is 2.40. The summed E-state index contributed by atoms with van der Waals surface area (Å²) in [5.74, 6) is 0.